The fourth-order valence-electron chi connectivity index (χ4n) is 5.05. The summed E-state index contributed by atoms with van der Waals surface area (Å²) in [5.74, 6) is 1.78. The molecule has 0 saturated heterocycles. The molecule has 0 saturated carbocycles. The molecule has 2 heteroatoms. The van der Waals surface area contributed by atoms with E-state index in [0.29, 0.717) is 0 Å². The van der Waals surface area contributed by atoms with E-state index in [4.69, 9.17) is 8.83 Å². The molecule has 0 aliphatic heterocycles. The molecular formula is C34H22O2. The lowest BCUT2D eigenvalue weighted by Crippen LogP contribution is -1.84. The van der Waals surface area contributed by atoms with Crippen LogP contribution in [0.25, 0.3) is 66.8 Å². The molecule has 7 rings (SSSR count). The van der Waals surface area contributed by atoms with Crippen molar-refractivity contribution in [1.29, 1.82) is 0 Å². The van der Waals surface area contributed by atoms with Crippen molar-refractivity contribution in [3.8, 4) is 44.9 Å². The van der Waals surface area contributed by atoms with E-state index >= 15 is 0 Å². The first kappa shape index (κ1) is 20.5. The Kier molecular flexibility index (Phi) is 4.82. The first-order valence-corrected chi connectivity index (χ1v) is 12.1. The fourth-order valence-corrected chi connectivity index (χ4v) is 5.05. The van der Waals surface area contributed by atoms with E-state index in [-0.39, 0.29) is 0 Å². The standard InChI is InChI=1S/C34H22O2/c1-3-11-25(12-4-1)33-31(27-15-7-9-17-29(27)35-33)23-19-21-24(22-20-23)32-28-16-8-10-18-30(28)36-34(32)26-13-5-2-6-14-26/h1-22H. The summed E-state index contributed by atoms with van der Waals surface area (Å²) in [4.78, 5) is 0. The van der Waals surface area contributed by atoms with E-state index in [0.717, 1.165) is 66.8 Å². The zero-order valence-electron chi connectivity index (χ0n) is 19.5. The average molecular weight is 463 g/mol. The Morgan fingerprint density at radius 1 is 0.306 bits per heavy atom. The Morgan fingerprint density at radius 2 is 0.667 bits per heavy atom. The molecule has 0 spiro atoms. The van der Waals surface area contributed by atoms with E-state index in [1.807, 2.05) is 60.7 Å². The van der Waals surface area contributed by atoms with Crippen LogP contribution in [0.15, 0.2) is 142 Å². The Morgan fingerprint density at radius 3 is 1.08 bits per heavy atom. The minimum atomic E-state index is 0.891. The zero-order chi connectivity index (χ0) is 23.9. The SMILES string of the molecule is c1ccc(-c2oc3ccccc3c2-c2ccc(-c3c(-c4ccccc4)oc4ccccc34)cc2)cc1. The van der Waals surface area contributed by atoms with Gasteiger partial charge in [0.15, 0.2) is 0 Å². The van der Waals surface area contributed by atoms with Crippen LogP contribution in [-0.4, -0.2) is 0 Å². The second kappa shape index (κ2) is 8.44. The van der Waals surface area contributed by atoms with Gasteiger partial charge in [-0.15, -0.1) is 0 Å². The topological polar surface area (TPSA) is 26.3 Å². The molecule has 0 aliphatic carbocycles. The summed E-state index contributed by atoms with van der Waals surface area (Å²) >= 11 is 0. The molecule has 7 aromatic rings. The summed E-state index contributed by atoms with van der Waals surface area (Å²) < 4.78 is 12.7. The third-order valence-corrected chi connectivity index (χ3v) is 6.73. The maximum atomic E-state index is 6.36. The lowest BCUT2D eigenvalue weighted by Gasteiger charge is -2.08. The third-order valence-electron chi connectivity index (χ3n) is 6.73. The molecule has 2 aromatic heterocycles. The number of rotatable bonds is 4. The van der Waals surface area contributed by atoms with Crippen molar-refractivity contribution in [2.24, 2.45) is 0 Å². The summed E-state index contributed by atoms with van der Waals surface area (Å²) in [5, 5.41) is 2.23. The average Bonchev–Trinajstić information content (AvgIpc) is 3.53. The van der Waals surface area contributed by atoms with Crippen LogP contribution in [0.4, 0.5) is 0 Å². The molecule has 0 bridgehead atoms. The Labute approximate surface area is 209 Å². The molecule has 0 N–H and O–H groups in total. The van der Waals surface area contributed by atoms with Gasteiger partial charge in [-0.05, 0) is 23.3 Å². The summed E-state index contributed by atoms with van der Waals surface area (Å²) in [6, 6.07) is 45.9. The second-order valence-electron chi connectivity index (χ2n) is 8.91. The fraction of sp³-hybridized carbons (Fsp3) is 0. The van der Waals surface area contributed by atoms with Crippen LogP contribution < -0.4 is 0 Å². The number of para-hydroxylation sites is 2. The largest absolute Gasteiger partial charge is 0.455 e. The predicted molar refractivity (Wildman–Crippen MR) is 148 cm³/mol. The van der Waals surface area contributed by atoms with Crippen molar-refractivity contribution in [2.45, 2.75) is 0 Å². The van der Waals surface area contributed by atoms with Crippen LogP contribution in [0, 0.1) is 0 Å². The molecule has 0 amide bonds. The summed E-state index contributed by atoms with van der Waals surface area (Å²) in [5.41, 5.74) is 8.39. The molecule has 2 nitrogen and oxygen atoms in total. The monoisotopic (exact) mass is 462 g/mol. The van der Waals surface area contributed by atoms with Gasteiger partial charge in [-0.1, -0.05) is 121 Å². The molecule has 0 atom stereocenters. The Hall–Kier alpha value is -4.82. The second-order valence-corrected chi connectivity index (χ2v) is 8.91. The zero-order valence-corrected chi connectivity index (χ0v) is 19.5. The molecular weight excluding hydrogens is 440 g/mol. The highest BCUT2D eigenvalue weighted by molar-refractivity contribution is 6.04. The molecule has 0 aliphatic rings. The van der Waals surface area contributed by atoms with Crippen LogP contribution in [0.5, 0.6) is 0 Å². The number of furan rings is 2. The highest BCUT2D eigenvalue weighted by Crippen LogP contribution is 2.44. The molecule has 36 heavy (non-hydrogen) atoms. The van der Waals surface area contributed by atoms with Crippen LogP contribution in [0.1, 0.15) is 0 Å². The van der Waals surface area contributed by atoms with Crippen LogP contribution >= 0.6 is 0 Å². The van der Waals surface area contributed by atoms with Crippen molar-refractivity contribution in [1.82, 2.24) is 0 Å². The molecule has 0 fully saturated rings. The van der Waals surface area contributed by atoms with E-state index in [2.05, 4.69) is 72.8 Å². The quantitative estimate of drug-likeness (QED) is 0.260. The van der Waals surface area contributed by atoms with Crippen molar-refractivity contribution in [2.75, 3.05) is 0 Å². The van der Waals surface area contributed by atoms with Gasteiger partial charge in [-0.25, -0.2) is 0 Å². The predicted octanol–water partition coefficient (Wildman–Crippen LogP) is 9.85. The maximum absolute atomic E-state index is 6.36. The van der Waals surface area contributed by atoms with Gasteiger partial charge in [0.2, 0.25) is 0 Å². The molecule has 0 unspecified atom stereocenters. The lowest BCUT2D eigenvalue weighted by atomic mass is 9.94. The molecule has 5 aromatic carbocycles. The first-order chi connectivity index (χ1) is 17.9. The number of hydrogen-bond donors (Lipinski definition) is 0. The van der Waals surface area contributed by atoms with E-state index in [1.165, 1.54) is 0 Å². The minimum absolute atomic E-state index is 0.891. The molecule has 0 radical (unpaired) electrons. The van der Waals surface area contributed by atoms with Gasteiger partial charge >= 0.3 is 0 Å². The number of benzene rings is 5. The summed E-state index contributed by atoms with van der Waals surface area (Å²) in [6.07, 6.45) is 0. The lowest BCUT2D eigenvalue weighted by molar-refractivity contribution is 0.632. The van der Waals surface area contributed by atoms with Crippen LogP contribution in [-0.2, 0) is 0 Å². The van der Waals surface area contributed by atoms with Crippen molar-refractivity contribution < 1.29 is 8.83 Å². The van der Waals surface area contributed by atoms with E-state index in [1.54, 1.807) is 0 Å². The molecule has 2 heterocycles. The normalized spacial score (nSPS) is 11.3. The van der Waals surface area contributed by atoms with Gasteiger partial charge in [-0.3, -0.25) is 0 Å². The van der Waals surface area contributed by atoms with Crippen LogP contribution in [0.2, 0.25) is 0 Å². The summed E-state index contributed by atoms with van der Waals surface area (Å²) in [6.45, 7) is 0. The van der Waals surface area contributed by atoms with Gasteiger partial charge in [-0.2, -0.15) is 0 Å². The first-order valence-electron chi connectivity index (χ1n) is 12.1. The Bertz CT molecular complexity index is 1670. The third kappa shape index (κ3) is 3.35. The van der Waals surface area contributed by atoms with Gasteiger partial charge in [0.25, 0.3) is 0 Å². The highest BCUT2D eigenvalue weighted by atomic mass is 16.3. The smallest absolute Gasteiger partial charge is 0.143 e. The van der Waals surface area contributed by atoms with E-state index in [9.17, 15) is 0 Å². The highest BCUT2D eigenvalue weighted by Gasteiger charge is 2.20. The minimum Gasteiger partial charge on any atom is -0.455 e. The van der Waals surface area contributed by atoms with Gasteiger partial charge in [0.05, 0.1) is 0 Å². The van der Waals surface area contributed by atoms with Crippen molar-refractivity contribution >= 4 is 21.9 Å². The van der Waals surface area contributed by atoms with Crippen molar-refractivity contribution in [3.63, 3.8) is 0 Å². The van der Waals surface area contributed by atoms with Crippen LogP contribution in [0.3, 0.4) is 0 Å². The number of fused-ring (bicyclic) bond motifs is 2. The van der Waals surface area contributed by atoms with Crippen molar-refractivity contribution in [3.05, 3.63) is 133 Å². The van der Waals surface area contributed by atoms with E-state index < -0.39 is 0 Å². The van der Waals surface area contributed by atoms with Gasteiger partial charge in [0, 0.05) is 33.0 Å². The molecule has 170 valence electrons. The van der Waals surface area contributed by atoms with Gasteiger partial charge in [0.1, 0.15) is 22.7 Å². The number of hydrogen-bond acceptors (Lipinski definition) is 2. The van der Waals surface area contributed by atoms with Gasteiger partial charge < -0.3 is 8.83 Å². The maximum Gasteiger partial charge on any atom is 0.143 e. The Balaban J connectivity index is 1.41. The summed E-state index contributed by atoms with van der Waals surface area (Å²) in [7, 11) is 0.